The third-order valence-electron chi connectivity index (χ3n) is 5.38. The number of carbonyl (C=O) groups excluding carboxylic acids is 1. The number of hydrogen-bond donors (Lipinski definition) is 0. The molecule has 0 bridgehead atoms. The van der Waals surface area contributed by atoms with Crippen molar-refractivity contribution in [3.63, 3.8) is 0 Å². The van der Waals surface area contributed by atoms with E-state index in [-0.39, 0.29) is 5.91 Å². The number of hydrogen-bond acceptors (Lipinski definition) is 5. The van der Waals surface area contributed by atoms with E-state index in [4.69, 9.17) is 4.74 Å². The van der Waals surface area contributed by atoms with Crippen LogP contribution in [0.4, 0.5) is 11.5 Å². The molecule has 5 rings (SSSR count). The molecule has 1 aliphatic heterocycles. The third kappa shape index (κ3) is 5.50. The summed E-state index contributed by atoms with van der Waals surface area (Å²) in [6.07, 6.45) is 3.57. The molecule has 5 nitrogen and oxygen atoms in total. The monoisotopic (exact) mass is 477 g/mol. The van der Waals surface area contributed by atoms with Crippen molar-refractivity contribution in [1.82, 2.24) is 4.98 Å². The SMILES string of the molecule is Cc1ccc(COc2ccc(/C=C3\S/C(=N/c4ccccn4)N(c4ccccc4)C3=O)cc2)cc1. The number of carbonyl (C=O) groups is 1. The molecule has 0 N–H and O–H groups in total. The molecule has 1 fully saturated rings. The lowest BCUT2D eigenvalue weighted by Crippen LogP contribution is -2.28. The molecule has 4 aromatic rings. The second-order valence-corrected chi connectivity index (χ2v) is 9.02. The summed E-state index contributed by atoms with van der Waals surface area (Å²) in [6.45, 7) is 2.58. The van der Waals surface area contributed by atoms with E-state index in [1.165, 1.54) is 17.3 Å². The van der Waals surface area contributed by atoms with Crippen molar-refractivity contribution in [3.8, 4) is 5.75 Å². The normalized spacial score (nSPS) is 15.7. The van der Waals surface area contributed by atoms with Gasteiger partial charge in [0.25, 0.3) is 5.91 Å². The van der Waals surface area contributed by atoms with Crippen LogP contribution >= 0.6 is 11.8 Å². The fraction of sp³-hybridized carbons (Fsp3) is 0.0690. The molecule has 3 aromatic carbocycles. The zero-order valence-corrected chi connectivity index (χ0v) is 20.0. The van der Waals surface area contributed by atoms with Gasteiger partial charge in [0.1, 0.15) is 12.4 Å². The van der Waals surface area contributed by atoms with Gasteiger partial charge in [-0.2, -0.15) is 0 Å². The number of nitrogens with zero attached hydrogens (tertiary/aromatic N) is 3. The number of amidine groups is 1. The lowest BCUT2D eigenvalue weighted by atomic mass is 10.1. The summed E-state index contributed by atoms with van der Waals surface area (Å²) in [6, 6.07) is 31.1. The summed E-state index contributed by atoms with van der Waals surface area (Å²) in [5.41, 5.74) is 4.03. The van der Waals surface area contributed by atoms with Crippen LogP contribution in [-0.2, 0) is 11.4 Å². The quantitative estimate of drug-likeness (QED) is 0.287. The van der Waals surface area contributed by atoms with Gasteiger partial charge in [-0.05, 0) is 72.3 Å². The highest BCUT2D eigenvalue weighted by Gasteiger charge is 2.34. The van der Waals surface area contributed by atoms with Gasteiger partial charge in [0.2, 0.25) is 0 Å². The molecular weight excluding hydrogens is 454 g/mol. The number of benzene rings is 3. The Morgan fingerprint density at radius 2 is 1.66 bits per heavy atom. The number of aromatic nitrogens is 1. The standard InChI is InChI=1S/C29H23N3O2S/c1-21-10-12-23(13-11-21)20-34-25-16-14-22(15-17-25)19-26-28(33)32(24-7-3-2-4-8-24)29(35-26)31-27-9-5-6-18-30-27/h2-19H,20H2,1H3/b26-19-,31-29+. The van der Waals surface area contributed by atoms with E-state index in [0.29, 0.717) is 22.5 Å². The van der Waals surface area contributed by atoms with Crippen molar-refractivity contribution in [2.45, 2.75) is 13.5 Å². The van der Waals surface area contributed by atoms with Gasteiger partial charge in [-0.25, -0.2) is 9.98 Å². The number of para-hydroxylation sites is 1. The van der Waals surface area contributed by atoms with Crippen LogP contribution in [0.5, 0.6) is 5.75 Å². The molecule has 172 valence electrons. The van der Waals surface area contributed by atoms with E-state index in [1.807, 2.05) is 78.9 Å². The fourth-order valence-electron chi connectivity index (χ4n) is 3.53. The lowest BCUT2D eigenvalue weighted by molar-refractivity contribution is -0.113. The van der Waals surface area contributed by atoms with Crippen LogP contribution in [0.3, 0.4) is 0 Å². The average molecular weight is 478 g/mol. The topological polar surface area (TPSA) is 54.8 Å². The van der Waals surface area contributed by atoms with E-state index < -0.39 is 0 Å². The van der Waals surface area contributed by atoms with E-state index in [2.05, 4.69) is 41.2 Å². The largest absolute Gasteiger partial charge is 0.489 e. The molecule has 0 atom stereocenters. The molecule has 6 heteroatoms. The van der Waals surface area contributed by atoms with Gasteiger partial charge in [0, 0.05) is 6.20 Å². The number of thioether (sulfide) groups is 1. The minimum absolute atomic E-state index is 0.115. The number of aliphatic imine (C=N–C) groups is 1. The maximum absolute atomic E-state index is 13.4. The van der Waals surface area contributed by atoms with Crippen molar-refractivity contribution in [1.29, 1.82) is 0 Å². The number of pyridine rings is 1. The molecule has 2 heterocycles. The first kappa shape index (κ1) is 22.6. The first-order chi connectivity index (χ1) is 17.2. The van der Waals surface area contributed by atoms with E-state index in [1.54, 1.807) is 11.1 Å². The van der Waals surface area contributed by atoms with E-state index >= 15 is 0 Å². The molecule has 0 aliphatic carbocycles. The molecule has 1 saturated heterocycles. The lowest BCUT2D eigenvalue weighted by Gasteiger charge is -2.15. The van der Waals surface area contributed by atoms with Crippen molar-refractivity contribution in [3.05, 3.63) is 125 Å². The van der Waals surface area contributed by atoms with Crippen LogP contribution < -0.4 is 9.64 Å². The van der Waals surface area contributed by atoms with Crippen molar-refractivity contribution >= 4 is 40.4 Å². The van der Waals surface area contributed by atoms with Crippen molar-refractivity contribution in [2.75, 3.05) is 4.90 Å². The fourth-order valence-corrected chi connectivity index (χ4v) is 4.52. The van der Waals surface area contributed by atoms with Gasteiger partial charge in [-0.1, -0.05) is 66.2 Å². The Morgan fingerprint density at radius 1 is 0.914 bits per heavy atom. The van der Waals surface area contributed by atoms with Crippen LogP contribution in [0.1, 0.15) is 16.7 Å². The molecule has 35 heavy (non-hydrogen) atoms. The minimum Gasteiger partial charge on any atom is -0.489 e. The molecule has 0 spiro atoms. The van der Waals surface area contributed by atoms with Crippen molar-refractivity contribution < 1.29 is 9.53 Å². The first-order valence-corrected chi connectivity index (χ1v) is 12.0. The summed E-state index contributed by atoms with van der Waals surface area (Å²) in [5.74, 6) is 1.22. The molecule has 1 aliphatic rings. The minimum atomic E-state index is -0.115. The number of anilines is 1. The van der Waals surface area contributed by atoms with Crippen LogP contribution in [0.15, 0.2) is 113 Å². The Labute approximate surface area is 208 Å². The zero-order valence-electron chi connectivity index (χ0n) is 19.2. The summed E-state index contributed by atoms with van der Waals surface area (Å²) in [7, 11) is 0. The number of ether oxygens (including phenoxy) is 1. The van der Waals surface area contributed by atoms with Gasteiger partial charge in [0.15, 0.2) is 11.0 Å². The average Bonchev–Trinajstić information content (AvgIpc) is 3.19. The summed E-state index contributed by atoms with van der Waals surface area (Å²) >= 11 is 1.34. The number of rotatable bonds is 6. The molecule has 0 saturated carbocycles. The van der Waals surface area contributed by atoms with Crippen LogP contribution in [0, 0.1) is 6.92 Å². The predicted molar refractivity (Wildman–Crippen MR) is 143 cm³/mol. The van der Waals surface area contributed by atoms with Crippen LogP contribution in [0.25, 0.3) is 6.08 Å². The predicted octanol–water partition coefficient (Wildman–Crippen LogP) is 6.78. The Hall–Kier alpha value is -4.16. The highest BCUT2D eigenvalue weighted by molar-refractivity contribution is 8.19. The van der Waals surface area contributed by atoms with Gasteiger partial charge in [-0.3, -0.25) is 9.69 Å². The Balaban J connectivity index is 1.36. The van der Waals surface area contributed by atoms with Gasteiger partial charge >= 0.3 is 0 Å². The summed E-state index contributed by atoms with van der Waals surface area (Å²) < 4.78 is 5.91. The second kappa shape index (κ2) is 10.4. The Kier molecular flexibility index (Phi) is 6.73. The molecule has 1 aromatic heterocycles. The molecule has 0 unspecified atom stereocenters. The van der Waals surface area contributed by atoms with E-state index in [9.17, 15) is 4.79 Å². The van der Waals surface area contributed by atoms with Gasteiger partial charge < -0.3 is 4.74 Å². The Morgan fingerprint density at radius 3 is 2.37 bits per heavy atom. The maximum atomic E-state index is 13.4. The molecule has 1 amide bonds. The highest BCUT2D eigenvalue weighted by Crippen LogP contribution is 2.37. The number of amides is 1. The summed E-state index contributed by atoms with van der Waals surface area (Å²) in [4.78, 5) is 24.5. The summed E-state index contributed by atoms with van der Waals surface area (Å²) in [5, 5.41) is 0.573. The maximum Gasteiger partial charge on any atom is 0.271 e. The van der Waals surface area contributed by atoms with Gasteiger partial charge in [0.05, 0.1) is 10.6 Å². The molecule has 0 radical (unpaired) electrons. The number of aryl methyl sites for hydroxylation is 1. The molecular formula is C29H23N3O2S. The third-order valence-corrected chi connectivity index (χ3v) is 6.35. The van der Waals surface area contributed by atoms with E-state index in [0.717, 1.165) is 22.6 Å². The van der Waals surface area contributed by atoms with Crippen LogP contribution in [-0.4, -0.2) is 16.1 Å². The van der Waals surface area contributed by atoms with Crippen LogP contribution in [0.2, 0.25) is 0 Å². The first-order valence-electron chi connectivity index (χ1n) is 11.2. The van der Waals surface area contributed by atoms with Gasteiger partial charge in [-0.15, -0.1) is 0 Å². The second-order valence-electron chi connectivity index (χ2n) is 8.01. The Bertz CT molecular complexity index is 1370. The zero-order chi connectivity index (χ0) is 24.0. The van der Waals surface area contributed by atoms with Crippen molar-refractivity contribution in [2.24, 2.45) is 4.99 Å². The highest BCUT2D eigenvalue weighted by atomic mass is 32.2. The smallest absolute Gasteiger partial charge is 0.271 e.